The van der Waals surface area contributed by atoms with Gasteiger partial charge in [-0.25, -0.2) is 4.98 Å². The summed E-state index contributed by atoms with van der Waals surface area (Å²) < 4.78 is 0.165. The van der Waals surface area contributed by atoms with Gasteiger partial charge in [0.25, 0.3) is 5.56 Å². The molecule has 0 saturated carbocycles. The number of halogens is 3. The summed E-state index contributed by atoms with van der Waals surface area (Å²) in [7, 11) is 0. The third-order valence-corrected chi connectivity index (χ3v) is 5.86. The number of fused-ring (bicyclic) bond motifs is 1. The summed E-state index contributed by atoms with van der Waals surface area (Å²) in [5.41, 5.74) is 4.11. The summed E-state index contributed by atoms with van der Waals surface area (Å²) in [6.45, 7) is 2.41. The van der Waals surface area contributed by atoms with Gasteiger partial charge in [-0.3, -0.25) is 14.3 Å². The Balaban J connectivity index is 1.47. The lowest BCUT2D eigenvalue weighted by atomic mass is 10.1. The van der Waals surface area contributed by atoms with Crippen LogP contribution in [0.1, 0.15) is 27.9 Å². The Morgan fingerprint density at radius 2 is 1.77 bits per heavy atom. The second-order valence-electron chi connectivity index (χ2n) is 7.43. The van der Waals surface area contributed by atoms with E-state index < -0.39 is 3.79 Å². The molecule has 0 unspecified atom stereocenters. The summed E-state index contributed by atoms with van der Waals surface area (Å²) >= 11 is 17.7. The smallest absolute Gasteiger partial charge is 0.258 e. The fourth-order valence-electron chi connectivity index (χ4n) is 3.53. The maximum atomic E-state index is 13.1. The first-order valence-corrected chi connectivity index (χ1v) is 11.0. The van der Waals surface area contributed by atoms with Crippen molar-refractivity contribution >= 4 is 34.8 Å². The average Bonchev–Trinajstić information content (AvgIpc) is 2.76. The van der Waals surface area contributed by atoms with Crippen molar-refractivity contribution < 1.29 is 0 Å². The Morgan fingerprint density at radius 3 is 2.48 bits per heavy atom. The van der Waals surface area contributed by atoms with Gasteiger partial charge in [0.05, 0.1) is 30.7 Å². The highest BCUT2D eigenvalue weighted by atomic mass is 35.6. The molecule has 0 bridgehead atoms. The van der Waals surface area contributed by atoms with Crippen LogP contribution in [0.25, 0.3) is 0 Å². The van der Waals surface area contributed by atoms with Crippen LogP contribution < -0.4 is 5.56 Å². The van der Waals surface area contributed by atoms with E-state index in [-0.39, 0.29) is 5.56 Å². The molecule has 2 heterocycles. The van der Waals surface area contributed by atoms with E-state index in [0.717, 1.165) is 35.3 Å². The second kappa shape index (κ2) is 9.46. The zero-order chi connectivity index (χ0) is 21.8. The van der Waals surface area contributed by atoms with Crippen molar-refractivity contribution in [2.75, 3.05) is 13.1 Å². The van der Waals surface area contributed by atoms with Crippen LogP contribution in [0, 0.1) is 11.8 Å². The van der Waals surface area contributed by atoms with E-state index in [1.807, 2.05) is 42.5 Å². The van der Waals surface area contributed by atoms with E-state index in [4.69, 9.17) is 34.8 Å². The number of hydrogen-bond donors (Lipinski definition) is 0. The summed E-state index contributed by atoms with van der Waals surface area (Å²) in [6.07, 6.45) is 2.37. The van der Waals surface area contributed by atoms with Crippen molar-refractivity contribution in [2.24, 2.45) is 0 Å². The lowest BCUT2D eigenvalue weighted by Gasteiger charge is -2.26. The van der Waals surface area contributed by atoms with E-state index in [9.17, 15) is 4.79 Å². The van der Waals surface area contributed by atoms with Gasteiger partial charge in [-0.15, -0.1) is 0 Å². The SMILES string of the molecule is O=c1c2c(ncn1Cc1ccc(C(Cl)(Cl)Cl)cc1)CCN(CC#Cc1ccccc1)C2. The molecule has 4 nitrogen and oxygen atoms in total. The largest absolute Gasteiger partial charge is 0.294 e. The third kappa shape index (κ3) is 5.50. The number of rotatable bonds is 3. The van der Waals surface area contributed by atoms with Crippen molar-refractivity contribution in [3.05, 3.63) is 99.2 Å². The van der Waals surface area contributed by atoms with Gasteiger partial charge in [-0.1, -0.05) is 89.1 Å². The molecule has 0 aliphatic carbocycles. The highest BCUT2D eigenvalue weighted by Gasteiger charge is 2.23. The van der Waals surface area contributed by atoms with Gasteiger partial charge in [-0.05, 0) is 17.7 Å². The molecule has 0 atom stereocenters. The van der Waals surface area contributed by atoms with Crippen molar-refractivity contribution in [1.29, 1.82) is 0 Å². The Bertz CT molecular complexity index is 1170. The molecular weight excluding hydrogens is 453 g/mol. The Kier molecular flexibility index (Phi) is 6.69. The van der Waals surface area contributed by atoms with Gasteiger partial charge in [-0.2, -0.15) is 0 Å². The van der Waals surface area contributed by atoms with Crippen LogP contribution in [-0.2, 0) is 23.3 Å². The van der Waals surface area contributed by atoms with E-state index in [0.29, 0.717) is 25.2 Å². The van der Waals surface area contributed by atoms with Crippen molar-refractivity contribution in [3.63, 3.8) is 0 Å². The zero-order valence-electron chi connectivity index (χ0n) is 16.7. The minimum atomic E-state index is -1.46. The number of aromatic nitrogens is 2. The monoisotopic (exact) mass is 471 g/mol. The Hall–Kier alpha value is -2.29. The van der Waals surface area contributed by atoms with Crippen LogP contribution in [0.15, 0.2) is 65.7 Å². The Labute approximate surface area is 196 Å². The van der Waals surface area contributed by atoms with Crippen LogP contribution in [0.2, 0.25) is 0 Å². The molecule has 1 aliphatic rings. The topological polar surface area (TPSA) is 38.1 Å². The molecule has 1 aliphatic heterocycles. The molecule has 0 radical (unpaired) electrons. The standard InChI is InChI=1S/C24H20Cl3N3O/c25-24(26,27)20-10-8-19(9-11-20)15-30-17-28-22-12-14-29(16-21(22)23(30)31)13-4-7-18-5-2-1-3-6-18/h1-3,5-6,8-11,17H,12-16H2. The highest BCUT2D eigenvalue weighted by Crippen LogP contribution is 2.38. The first-order valence-electron chi connectivity index (χ1n) is 9.90. The van der Waals surface area contributed by atoms with Gasteiger partial charge in [0.15, 0.2) is 0 Å². The van der Waals surface area contributed by atoms with Crippen molar-refractivity contribution in [3.8, 4) is 11.8 Å². The van der Waals surface area contributed by atoms with Gasteiger partial charge in [0.1, 0.15) is 0 Å². The van der Waals surface area contributed by atoms with E-state index >= 15 is 0 Å². The molecule has 0 amide bonds. The molecule has 31 heavy (non-hydrogen) atoms. The second-order valence-corrected chi connectivity index (χ2v) is 9.71. The minimum absolute atomic E-state index is 0.0174. The van der Waals surface area contributed by atoms with Crippen LogP contribution >= 0.6 is 34.8 Å². The molecule has 0 fully saturated rings. The minimum Gasteiger partial charge on any atom is -0.294 e. The van der Waals surface area contributed by atoms with Gasteiger partial charge in [0.2, 0.25) is 3.79 Å². The van der Waals surface area contributed by atoms with Crippen LogP contribution in [-0.4, -0.2) is 27.5 Å². The number of alkyl halides is 3. The highest BCUT2D eigenvalue weighted by molar-refractivity contribution is 6.66. The fourth-order valence-corrected chi connectivity index (χ4v) is 3.90. The maximum absolute atomic E-state index is 13.1. The fraction of sp³-hybridized carbons (Fsp3) is 0.250. The lowest BCUT2D eigenvalue weighted by Crippen LogP contribution is -2.38. The van der Waals surface area contributed by atoms with E-state index in [1.165, 1.54) is 0 Å². The van der Waals surface area contributed by atoms with Gasteiger partial charge >= 0.3 is 0 Å². The van der Waals surface area contributed by atoms with Crippen LogP contribution in [0.4, 0.5) is 0 Å². The molecule has 0 spiro atoms. The number of benzene rings is 2. The number of hydrogen-bond acceptors (Lipinski definition) is 3. The maximum Gasteiger partial charge on any atom is 0.258 e. The molecule has 0 saturated heterocycles. The predicted octanol–water partition coefficient (Wildman–Crippen LogP) is 4.53. The van der Waals surface area contributed by atoms with Crippen LogP contribution in [0.5, 0.6) is 0 Å². The van der Waals surface area contributed by atoms with Crippen LogP contribution in [0.3, 0.4) is 0 Å². The molecule has 2 aromatic carbocycles. The predicted molar refractivity (Wildman–Crippen MR) is 126 cm³/mol. The quantitative estimate of drug-likeness (QED) is 0.415. The summed E-state index contributed by atoms with van der Waals surface area (Å²) in [4.78, 5) is 19.8. The molecule has 1 aromatic heterocycles. The lowest BCUT2D eigenvalue weighted by molar-refractivity contribution is 0.280. The first-order chi connectivity index (χ1) is 14.9. The summed E-state index contributed by atoms with van der Waals surface area (Å²) in [5.74, 6) is 6.38. The Morgan fingerprint density at radius 1 is 1.03 bits per heavy atom. The van der Waals surface area contributed by atoms with Crippen molar-refractivity contribution in [2.45, 2.75) is 23.3 Å². The van der Waals surface area contributed by atoms with Gasteiger partial charge < -0.3 is 0 Å². The molecule has 7 heteroatoms. The summed E-state index contributed by atoms with van der Waals surface area (Å²) in [6, 6.07) is 17.1. The average molecular weight is 473 g/mol. The molecular formula is C24H20Cl3N3O. The molecule has 4 rings (SSSR count). The summed E-state index contributed by atoms with van der Waals surface area (Å²) in [5, 5.41) is 0. The van der Waals surface area contributed by atoms with E-state index in [1.54, 1.807) is 23.0 Å². The zero-order valence-corrected chi connectivity index (χ0v) is 19.0. The first kappa shape index (κ1) is 21.9. The molecule has 3 aromatic rings. The van der Waals surface area contributed by atoms with Crippen molar-refractivity contribution in [1.82, 2.24) is 14.5 Å². The normalized spacial score (nSPS) is 13.9. The third-order valence-electron chi connectivity index (χ3n) is 5.21. The molecule has 158 valence electrons. The van der Waals surface area contributed by atoms with E-state index in [2.05, 4.69) is 21.7 Å². The van der Waals surface area contributed by atoms with Gasteiger partial charge in [0, 0.05) is 30.6 Å². The number of nitrogens with zero attached hydrogens (tertiary/aromatic N) is 3. The molecule has 0 N–H and O–H groups in total.